The quantitative estimate of drug-likeness (QED) is 0.549. The number of Topliss-reactive ketones (excluding diaryl/α,β-unsaturated/α-hetero) is 1. The number of hydrazone groups is 2. The van der Waals surface area contributed by atoms with Crippen molar-refractivity contribution in [2.45, 2.75) is 11.8 Å². The summed E-state index contributed by atoms with van der Waals surface area (Å²) in [6.45, 7) is 1.70. The molecule has 4 rings (SSSR count). The van der Waals surface area contributed by atoms with Gasteiger partial charge in [-0.2, -0.15) is 0 Å². The van der Waals surface area contributed by atoms with Crippen LogP contribution < -0.4 is 10.1 Å². The standard InChI is InChI=1S/C19H15N4O4S/c1-12-16(19(25)23(22(12)2)13-8-4-3-5-9-13)20-21-18-17(24)14-10-6-7-11-15(14)28(18,26)27/h3-11H,1-2H3/q+1/p+1. The molecule has 0 saturated carbocycles. The summed E-state index contributed by atoms with van der Waals surface area (Å²) < 4.78 is 26.8. The predicted octanol–water partition coefficient (Wildman–Crippen LogP) is -0.443. The number of para-hydroxylation sites is 1. The summed E-state index contributed by atoms with van der Waals surface area (Å²) in [4.78, 5) is 25.2. The minimum atomic E-state index is -4.02. The Morgan fingerprint density at radius 1 is 1.00 bits per heavy atom. The highest BCUT2D eigenvalue weighted by Gasteiger charge is 2.47. The number of nitrogens with zero attached hydrogens (tertiary/aromatic N) is 3. The van der Waals surface area contributed by atoms with Gasteiger partial charge >= 0.3 is 11.6 Å². The van der Waals surface area contributed by atoms with Crippen LogP contribution in [0.5, 0.6) is 0 Å². The third kappa shape index (κ3) is 2.51. The van der Waals surface area contributed by atoms with Crippen LogP contribution in [0.4, 0.5) is 5.69 Å². The van der Waals surface area contributed by atoms with Gasteiger partial charge in [0.1, 0.15) is 5.69 Å². The number of nitrogens with one attached hydrogen (secondary N) is 1. The lowest BCUT2D eigenvalue weighted by atomic mass is 10.1. The summed E-state index contributed by atoms with van der Waals surface area (Å²) in [5.74, 6) is -1.10. The first-order valence-electron chi connectivity index (χ1n) is 8.40. The van der Waals surface area contributed by atoms with E-state index in [9.17, 15) is 18.0 Å². The van der Waals surface area contributed by atoms with Crippen LogP contribution in [-0.2, 0) is 14.6 Å². The average molecular weight is 396 g/mol. The monoisotopic (exact) mass is 396 g/mol. The topological polar surface area (TPSA) is 101 Å². The summed E-state index contributed by atoms with van der Waals surface area (Å²) in [6.07, 6.45) is 0. The molecule has 1 amide bonds. The molecule has 0 saturated heterocycles. The first-order chi connectivity index (χ1) is 13.3. The van der Waals surface area contributed by atoms with E-state index in [2.05, 4.69) is 10.2 Å². The van der Waals surface area contributed by atoms with Crippen molar-refractivity contribution in [3.8, 4) is 0 Å². The zero-order valence-electron chi connectivity index (χ0n) is 15.1. The first-order valence-corrected chi connectivity index (χ1v) is 9.89. The molecular weight excluding hydrogens is 380 g/mol. The second kappa shape index (κ2) is 6.31. The smallest absolute Gasteiger partial charge is 0.286 e. The van der Waals surface area contributed by atoms with Crippen molar-refractivity contribution in [2.75, 3.05) is 12.1 Å². The van der Waals surface area contributed by atoms with E-state index >= 15 is 0 Å². The Morgan fingerprint density at radius 3 is 2.32 bits per heavy atom. The molecule has 0 aliphatic carbocycles. The highest BCUT2D eigenvalue weighted by molar-refractivity contribution is 8.09. The largest absolute Gasteiger partial charge is 0.386 e. The Hall–Kier alpha value is -3.46. The lowest BCUT2D eigenvalue weighted by molar-refractivity contribution is -0.496. The maximum Gasteiger partial charge on any atom is 0.386 e. The van der Waals surface area contributed by atoms with Gasteiger partial charge in [-0.15, -0.1) is 0 Å². The number of carbonyl (C=O) groups is 2. The van der Waals surface area contributed by atoms with Gasteiger partial charge in [0.15, 0.2) is 7.05 Å². The van der Waals surface area contributed by atoms with Crippen molar-refractivity contribution in [2.24, 2.45) is 5.10 Å². The van der Waals surface area contributed by atoms with Gasteiger partial charge in [0.25, 0.3) is 10.8 Å². The summed E-state index contributed by atoms with van der Waals surface area (Å²) >= 11 is 0. The minimum Gasteiger partial charge on any atom is -0.286 e. The Labute approximate surface area is 161 Å². The number of anilines is 1. The van der Waals surface area contributed by atoms with Gasteiger partial charge in [0.05, 0.1) is 4.90 Å². The minimum absolute atomic E-state index is 0.0768. The van der Waals surface area contributed by atoms with Crippen molar-refractivity contribution >= 4 is 43.7 Å². The van der Waals surface area contributed by atoms with Crippen LogP contribution in [0.25, 0.3) is 0 Å². The molecule has 2 aromatic carbocycles. The molecule has 2 aliphatic heterocycles. The van der Waals surface area contributed by atoms with Crippen molar-refractivity contribution in [3.05, 3.63) is 60.2 Å². The number of carbonyl (C=O) groups excluding carboxylic acids is 2. The number of hydrazine groups is 1. The zero-order chi connectivity index (χ0) is 20.1. The number of benzene rings is 2. The van der Waals surface area contributed by atoms with Crippen LogP contribution in [0.2, 0.25) is 0 Å². The molecule has 0 fully saturated rings. The Kier molecular flexibility index (Phi) is 4.04. The predicted molar refractivity (Wildman–Crippen MR) is 102 cm³/mol. The van der Waals surface area contributed by atoms with Gasteiger partial charge in [-0.25, -0.2) is 8.42 Å². The van der Waals surface area contributed by atoms with Gasteiger partial charge in [-0.3, -0.25) is 9.59 Å². The van der Waals surface area contributed by atoms with Crippen molar-refractivity contribution in [1.82, 2.24) is 0 Å². The summed E-state index contributed by atoms with van der Waals surface area (Å²) in [5, 5.41) is 7.13. The molecule has 8 nitrogen and oxygen atoms in total. The Morgan fingerprint density at radius 2 is 1.64 bits per heavy atom. The molecule has 28 heavy (non-hydrogen) atoms. The molecule has 0 atom stereocenters. The van der Waals surface area contributed by atoms with Gasteiger partial charge in [-0.1, -0.05) is 45.1 Å². The van der Waals surface area contributed by atoms with E-state index in [4.69, 9.17) is 0 Å². The lowest BCUT2D eigenvalue weighted by Gasteiger charge is -2.08. The van der Waals surface area contributed by atoms with E-state index < -0.39 is 26.6 Å². The van der Waals surface area contributed by atoms with Crippen molar-refractivity contribution in [3.63, 3.8) is 0 Å². The SMILES string of the molecule is CC1=[N+](C)N(c2ccccc2)C(=O)C1=[NH+]N=C1C(=O)c2ccccc2S1(=O)=O. The number of rotatable bonds is 2. The van der Waals surface area contributed by atoms with Gasteiger partial charge < -0.3 is 0 Å². The maximum absolute atomic E-state index is 12.9. The molecule has 9 heteroatoms. The lowest BCUT2D eigenvalue weighted by Crippen LogP contribution is -2.71. The highest BCUT2D eigenvalue weighted by atomic mass is 32.2. The van der Waals surface area contributed by atoms with Crippen LogP contribution in [0.1, 0.15) is 17.3 Å². The molecule has 2 aromatic rings. The van der Waals surface area contributed by atoms with Crippen LogP contribution in [0.3, 0.4) is 0 Å². The average Bonchev–Trinajstić information content (AvgIpc) is 3.02. The van der Waals surface area contributed by atoms with Crippen LogP contribution >= 0.6 is 0 Å². The summed E-state index contributed by atoms with van der Waals surface area (Å²) in [5.41, 5.74) is 1.36. The third-order valence-electron chi connectivity index (χ3n) is 4.69. The number of amides is 1. The normalized spacial score (nSPS) is 21.1. The van der Waals surface area contributed by atoms with Gasteiger partial charge in [0, 0.05) is 17.6 Å². The molecule has 0 aromatic heterocycles. The third-order valence-corrected chi connectivity index (χ3v) is 6.41. The van der Waals surface area contributed by atoms with E-state index in [1.165, 1.54) is 17.1 Å². The summed E-state index contributed by atoms with van der Waals surface area (Å²) in [7, 11) is -2.32. The molecule has 1 N–H and O–H groups in total. The van der Waals surface area contributed by atoms with E-state index in [1.54, 1.807) is 55.1 Å². The summed E-state index contributed by atoms with van der Waals surface area (Å²) in [6, 6.07) is 14.9. The second-order valence-electron chi connectivity index (χ2n) is 6.29. The van der Waals surface area contributed by atoms with E-state index in [0.29, 0.717) is 11.4 Å². The van der Waals surface area contributed by atoms with Crippen LogP contribution in [-0.4, -0.2) is 48.3 Å². The van der Waals surface area contributed by atoms with Gasteiger partial charge in [-0.05, 0) is 24.3 Å². The fraction of sp³-hybridized carbons (Fsp3) is 0.105. The van der Waals surface area contributed by atoms with Crippen molar-refractivity contribution in [1.29, 1.82) is 0 Å². The van der Waals surface area contributed by atoms with Crippen LogP contribution in [0.15, 0.2) is 64.6 Å². The second-order valence-corrected chi connectivity index (χ2v) is 8.13. The van der Waals surface area contributed by atoms with Crippen molar-refractivity contribution < 1.29 is 27.8 Å². The zero-order valence-corrected chi connectivity index (χ0v) is 15.9. The number of ketones is 1. The first kappa shape index (κ1) is 17.9. The number of hydrogen-bond donors (Lipinski definition) is 1. The van der Waals surface area contributed by atoms with Crippen LogP contribution in [0, 0.1) is 0 Å². The molecule has 0 bridgehead atoms. The molecular formula is C19H16N4O4S+2. The molecule has 2 heterocycles. The van der Waals surface area contributed by atoms with E-state index in [-0.39, 0.29) is 16.2 Å². The fourth-order valence-corrected chi connectivity index (χ4v) is 4.58. The highest BCUT2D eigenvalue weighted by Crippen LogP contribution is 2.27. The molecule has 2 aliphatic rings. The Balaban J connectivity index is 1.77. The molecule has 0 unspecified atom stereocenters. The fourth-order valence-electron chi connectivity index (χ4n) is 3.14. The number of sulfone groups is 1. The van der Waals surface area contributed by atoms with E-state index in [0.717, 1.165) is 0 Å². The maximum atomic E-state index is 12.9. The molecule has 140 valence electrons. The molecule has 0 spiro atoms. The van der Waals surface area contributed by atoms with E-state index in [1.807, 2.05) is 6.07 Å². The van der Waals surface area contributed by atoms with Gasteiger partial charge in [0.2, 0.25) is 15.6 Å². The number of fused-ring (bicyclic) bond motifs is 1. The Bertz CT molecular complexity index is 1230. The molecule has 0 radical (unpaired) electrons. The number of hydrogen-bond acceptors (Lipinski definition) is 5.